The van der Waals surface area contributed by atoms with E-state index in [-0.39, 0.29) is 23.3 Å². The molecule has 15 heavy (non-hydrogen) atoms. The second-order valence-electron chi connectivity index (χ2n) is 4.31. The first-order chi connectivity index (χ1) is 6.99. The maximum Gasteiger partial charge on any atom is 0.254 e. The summed E-state index contributed by atoms with van der Waals surface area (Å²) in [6, 6.07) is 0. The first-order valence-electron chi connectivity index (χ1n) is 5.55. The average molecular weight is 209 g/mol. The Balaban J connectivity index is 3.10. The predicted molar refractivity (Wildman–Crippen MR) is 59.1 cm³/mol. The Morgan fingerprint density at radius 3 is 1.80 bits per heavy atom. The first kappa shape index (κ1) is 12.0. The van der Waals surface area contributed by atoms with Gasteiger partial charge in [-0.2, -0.15) is 0 Å². The Morgan fingerprint density at radius 1 is 1.13 bits per heavy atom. The molecular weight excluding hydrogens is 190 g/mol. The second-order valence-corrected chi connectivity index (χ2v) is 4.31. The third-order valence-electron chi connectivity index (χ3n) is 3.55. The largest absolute Gasteiger partial charge is 0.269 e. The fourth-order valence-electron chi connectivity index (χ4n) is 2.48. The number of nitrogens with zero attached hydrogens (tertiary/aromatic N) is 1. The summed E-state index contributed by atoms with van der Waals surface area (Å²) < 4.78 is 0. The van der Waals surface area contributed by atoms with Crippen LogP contribution in [-0.4, -0.2) is 22.3 Å². The summed E-state index contributed by atoms with van der Waals surface area (Å²) in [6.07, 6.45) is 4.34. The maximum absolute atomic E-state index is 11.7. The Kier molecular flexibility index (Phi) is 3.32. The van der Waals surface area contributed by atoms with Crippen LogP contribution in [0.2, 0.25) is 0 Å². The number of carbonyl (C=O) groups is 2. The van der Waals surface area contributed by atoms with Crippen LogP contribution in [0.5, 0.6) is 0 Å². The molecule has 1 aliphatic heterocycles. The maximum atomic E-state index is 11.7. The van der Waals surface area contributed by atoms with E-state index in [1.807, 2.05) is 13.8 Å². The Morgan fingerprint density at radius 2 is 1.53 bits per heavy atom. The SMILES string of the molecule is CCC(CC)(C(C)C)N1C(=O)C=CC1=O. The average Bonchev–Trinajstić information content (AvgIpc) is 2.52. The minimum absolute atomic E-state index is 0.169. The molecule has 2 amide bonds. The van der Waals surface area contributed by atoms with Crippen molar-refractivity contribution >= 4 is 11.8 Å². The smallest absolute Gasteiger partial charge is 0.254 e. The van der Waals surface area contributed by atoms with E-state index in [1.165, 1.54) is 17.1 Å². The molecule has 0 atom stereocenters. The van der Waals surface area contributed by atoms with Gasteiger partial charge in [0.15, 0.2) is 0 Å². The van der Waals surface area contributed by atoms with Crippen LogP contribution in [0.15, 0.2) is 12.2 Å². The molecule has 0 saturated carbocycles. The van der Waals surface area contributed by atoms with Crippen LogP contribution in [0.3, 0.4) is 0 Å². The van der Waals surface area contributed by atoms with Crippen LogP contribution in [0.4, 0.5) is 0 Å². The van der Waals surface area contributed by atoms with Gasteiger partial charge in [0.05, 0.1) is 5.54 Å². The highest BCUT2D eigenvalue weighted by Gasteiger charge is 2.43. The third-order valence-corrected chi connectivity index (χ3v) is 3.55. The monoisotopic (exact) mass is 209 g/mol. The zero-order chi connectivity index (χ0) is 11.6. The van der Waals surface area contributed by atoms with Gasteiger partial charge in [0.25, 0.3) is 11.8 Å². The van der Waals surface area contributed by atoms with E-state index in [2.05, 4.69) is 13.8 Å². The summed E-state index contributed by atoms with van der Waals surface area (Å²) in [4.78, 5) is 24.8. The third kappa shape index (κ3) is 1.71. The minimum Gasteiger partial charge on any atom is -0.269 e. The Hall–Kier alpha value is -1.12. The number of hydrogen-bond acceptors (Lipinski definition) is 2. The summed E-state index contributed by atoms with van der Waals surface area (Å²) in [5.74, 6) is -0.0601. The van der Waals surface area contributed by atoms with E-state index < -0.39 is 0 Å². The molecule has 1 rings (SSSR count). The van der Waals surface area contributed by atoms with Gasteiger partial charge in [-0.3, -0.25) is 14.5 Å². The van der Waals surface area contributed by atoms with Crippen molar-refractivity contribution in [3.8, 4) is 0 Å². The van der Waals surface area contributed by atoms with Gasteiger partial charge in [-0.15, -0.1) is 0 Å². The predicted octanol–water partition coefficient (Wildman–Crippen LogP) is 2.13. The van der Waals surface area contributed by atoms with Crippen molar-refractivity contribution in [2.24, 2.45) is 5.92 Å². The van der Waals surface area contributed by atoms with Gasteiger partial charge in [0.2, 0.25) is 0 Å². The standard InChI is InChI=1S/C12H19NO2/c1-5-12(6-2,9(3)4)13-10(14)7-8-11(13)15/h7-9H,5-6H2,1-4H3. The van der Waals surface area contributed by atoms with Crippen LogP contribution in [0, 0.1) is 5.92 Å². The molecule has 1 aliphatic rings. The second kappa shape index (κ2) is 4.17. The van der Waals surface area contributed by atoms with Crippen LogP contribution in [0.1, 0.15) is 40.5 Å². The number of carbonyl (C=O) groups excluding carboxylic acids is 2. The number of rotatable bonds is 4. The molecule has 0 aliphatic carbocycles. The fraction of sp³-hybridized carbons (Fsp3) is 0.667. The lowest BCUT2D eigenvalue weighted by atomic mass is 9.80. The molecular formula is C12H19NO2. The molecule has 0 aromatic heterocycles. The van der Waals surface area contributed by atoms with Gasteiger partial charge in [0, 0.05) is 12.2 Å². The Bertz CT molecular complexity index is 283. The van der Waals surface area contributed by atoms with Gasteiger partial charge < -0.3 is 0 Å². The van der Waals surface area contributed by atoms with Crippen LogP contribution in [0.25, 0.3) is 0 Å². The van der Waals surface area contributed by atoms with Gasteiger partial charge in [-0.05, 0) is 18.8 Å². The van der Waals surface area contributed by atoms with Crippen molar-refractivity contribution in [2.75, 3.05) is 0 Å². The van der Waals surface area contributed by atoms with Crippen molar-refractivity contribution < 1.29 is 9.59 Å². The molecule has 3 heteroatoms. The molecule has 0 N–H and O–H groups in total. The molecule has 84 valence electrons. The van der Waals surface area contributed by atoms with Crippen molar-refractivity contribution in [3.05, 3.63) is 12.2 Å². The van der Waals surface area contributed by atoms with Gasteiger partial charge in [-0.1, -0.05) is 27.7 Å². The van der Waals surface area contributed by atoms with Crippen molar-refractivity contribution in [1.29, 1.82) is 0 Å². The molecule has 0 bridgehead atoms. The zero-order valence-corrected chi connectivity index (χ0v) is 9.91. The topological polar surface area (TPSA) is 37.4 Å². The van der Waals surface area contributed by atoms with E-state index in [0.29, 0.717) is 0 Å². The summed E-state index contributed by atoms with van der Waals surface area (Å²) in [5, 5.41) is 0. The zero-order valence-electron chi connectivity index (χ0n) is 9.91. The molecule has 1 heterocycles. The fourth-order valence-corrected chi connectivity index (χ4v) is 2.48. The molecule has 0 aromatic carbocycles. The van der Waals surface area contributed by atoms with E-state index in [9.17, 15) is 9.59 Å². The number of hydrogen-bond donors (Lipinski definition) is 0. The van der Waals surface area contributed by atoms with Crippen molar-refractivity contribution in [1.82, 2.24) is 4.90 Å². The molecule has 0 saturated heterocycles. The first-order valence-corrected chi connectivity index (χ1v) is 5.55. The highest BCUT2D eigenvalue weighted by atomic mass is 16.2. The quantitative estimate of drug-likeness (QED) is 0.665. The lowest BCUT2D eigenvalue weighted by molar-refractivity contribution is -0.146. The van der Waals surface area contributed by atoms with Gasteiger partial charge >= 0.3 is 0 Å². The lowest BCUT2D eigenvalue weighted by Crippen LogP contribution is -2.54. The van der Waals surface area contributed by atoms with Crippen molar-refractivity contribution in [2.45, 2.75) is 46.1 Å². The van der Waals surface area contributed by atoms with Crippen LogP contribution in [-0.2, 0) is 9.59 Å². The minimum atomic E-state index is -0.322. The molecule has 0 radical (unpaired) electrons. The van der Waals surface area contributed by atoms with Crippen LogP contribution < -0.4 is 0 Å². The van der Waals surface area contributed by atoms with Gasteiger partial charge in [0.1, 0.15) is 0 Å². The summed E-state index contributed by atoms with van der Waals surface area (Å²) in [6.45, 7) is 8.18. The molecule has 0 aromatic rings. The Labute approximate surface area is 91.1 Å². The summed E-state index contributed by atoms with van der Waals surface area (Å²) in [7, 11) is 0. The summed E-state index contributed by atoms with van der Waals surface area (Å²) >= 11 is 0. The van der Waals surface area contributed by atoms with E-state index >= 15 is 0 Å². The summed E-state index contributed by atoms with van der Waals surface area (Å²) in [5.41, 5.74) is -0.322. The molecule has 0 fully saturated rings. The van der Waals surface area contributed by atoms with Gasteiger partial charge in [-0.25, -0.2) is 0 Å². The van der Waals surface area contributed by atoms with Crippen molar-refractivity contribution in [3.63, 3.8) is 0 Å². The van der Waals surface area contributed by atoms with E-state index in [0.717, 1.165) is 12.8 Å². The number of amides is 2. The molecule has 3 nitrogen and oxygen atoms in total. The van der Waals surface area contributed by atoms with Crippen LogP contribution >= 0.6 is 0 Å². The van der Waals surface area contributed by atoms with E-state index in [4.69, 9.17) is 0 Å². The molecule has 0 unspecified atom stereocenters. The lowest BCUT2D eigenvalue weighted by Gasteiger charge is -2.42. The highest BCUT2D eigenvalue weighted by Crippen LogP contribution is 2.34. The van der Waals surface area contributed by atoms with E-state index in [1.54, 1.807) is 0 Å². The molecule has 0 spiro atoms. The normalized spacial score (nSPS) is 17.0. The highest BCUT2D eigenvalue weighted by molar-refractivity contribution is 6.13. The number of imide groups is 1.